The van der Waals surface area contributed by atoms with E-state index in [-0.39, 0.29) is 11.6 Å². The quantitative estimate of drug-likeness (QED) is 0.617. The van der Waals surface area contributed by atoms with Gasteiger partial charge in [-0.1, -0.05) is 12.1 Å². The number of likely N-dealkylation sites (tertiary alicyclic amines) is 1. The molecule has 1 atom stereocenters. The highest BCUT2D eigenvalue weighted by Crippen LogP contribution is 2.44. The van der Waals surface area contributed by atoms with Crippen molar-refractivity contribution in [3.63, 3.8) is 0 Å². The summed E-state index contributed by atoms with van der Waals surface area (Å²) >= 11 is 1.98. The number of rotatable bonds is 5. The van der Waals surface area contributed by atoms with Gasteiger partial charge in [-0.25, -0.2) is 4.68 Å². The Morgan fingerprint density at radius 2 is 2.07 bits per heavy atom. The number of hydrogen-bond acceptors (Lipinski definition) is 8. The average molecular weight is 429 g/mol. The summed E-state index contributed by atoms with van der Waals surface area (Å²) in [5.74, 6) is 1.11. The van der Waals surface area contributed by atoms with Gasteiger partial charge in [0.2, 0.25) is 11.8 Å². The molecule has 2 aliphatic rings. The molecule has 0 N–H and O–H groups in total. The van der Waals surface area contributed by atoms with Gasteiger partial charge in [-0.15, -0.1) is 26.6 Å². The molecule has 3 aromatic heterocycles. The van der Waals surface area contributed by atoms with Crippen LogP contribution in [0.5, 0.6) is 0 Å². The minimum Gasteiger partial charge on any atom is -0.423 e. The van der Waals surface area contributed by atoms with Crippen LogP contribution in [0.1, 0.15) is 65.5 Å². The lowest BCUT2D eigenvalue weighted by Crippen LogP contribution is -2.45. The van der Waals surface area contributed by atoms with Crippen LogP contribution in [-0.2, 0) is 29.7 Å². The lowest BCUT2D eigenvalue weighted by molar-refractivity contribution is -0.0982. The van der Waals surface area contributed by atoms with E-state index in [0.29, 0.717) is 11.8 Å². The van der Waals surface area contributed by atoms with Crippen molar-refractivity contribution < 1.29 is 9.15 Å². The maximum Gasteiger partial charge on any atom is 0.240 e. The summed E-state index contributed by atoms with van der Waals surface area (Å²) in [5.41, 5.74) is 2.34. The Hall–Kier alpha value is -2.10. The van der Waals surface area contributed by atoms with Crippen LogP contribution in [-0.4, -0.2) is 49.8 Å². The van der Waals surface area contributed by atoms with Gasteiger partial charge in [0.05, 0.1) is 24.1 Å². The van der Waals surface area contributed by atoms with Crippen LogP contribution >= 0.6 is 11.3 Å². The van der Waals surface area contributed by atoms with Crippen LogP contribution in [0.3, 0.4) is 0 Å². The van der Waals surface area contributed by atoms with Crippen molar-refractivity contribution in [2.24, 2.45) is 0 Å². The molecule has 160 valence electrons. The molecule has 2 aliphatic heterocycles. The van der Waals surface area contributed by atoms with E-state index in [0.717, 1.165) is 57.6 Å². The molecule has 0 amide bonds. The van der Waals surface area contributed by atoms with Gasteiger partial charge in [0.1, 0.15) is 6.04 Å². The molecule has 9 heteroatoms. The topological polar surface area (TPSA) is 82.1 Å². The summed E-state index contributed by atoms with van der Waals surface area (Å²) in [6.45, 7) is 9.65. The van der Waals surface area contributed by atoms with Gasteiger partial charge in [-0.05, 0) is 37.8 Å². The monoisotopic (exact) mass is 428 g/mol. The third-order valence-electron chi connectivity index (χ3n) is 6.31. The largest absolute Gasteiger partial charge is 0.423 e. The highest BCUT2D eigenvalue weighted by molar-refractivity contribution is 7.12. The Balaban J connectivity index is 1.23. The molecule has 0 aromatic carbocycles. The zero-order valence-corrected chi connectivity index (χ0v) is 18.6. The van der Waals surface area contributed by atoms with Crippen LogP contribution in [0.25, 0.3) is 0 Å². The third-order valence-corrected chi connectivity index (χ3v) is 7.65. The maximum absolute atomic E-state index is 6.40. The van der Waals surface area contributed by atoms with E-state index in [2.05, 4.69) is 38.4 Å². The van der Waals surface area contributed by atoms with Crippen LogP contribution < -0.4 is 0 Å². The molecular weight excluding hydrogens is 400 g/mol. The van der Waals surface area contributed by atoms with Crippen molar-refractivity contribution >= 4 is 11.3 Å². The smallest absolute Gasteiger partial charge is 0.240 e. The van der Waals surface area contributed by atoms with Crippen LogP contribution in [0, 0.1) is 6.92 Å². The molecule has 0 aliphatic carbocycles. The third kappa shape index (κ3) is 3.59. The molecular formula is C21H28N6O2S. The van der Waals surface area contributed by atoms with Crippen LogP contribution in [0.15, 0.2) is 16.7 Å². The second-order valence-corrected chi connectivity index (χ2v) is 9.52. The summed E-state index contributed by atoms with van der Waals surface area (Å²) in [6.07, 6.45) is 6.22. The fourth-order valence-electron chi connectivity index (χ4n) is 4.53. The summed E-state index contributed by atoms with van der Waals surface area (Å²) in [6, 6.07) is 2.28. The zero-order valence-electron chi connectivity index (χ0n) is 17.8. The molecule has 1 fully saturated rings. The molecule has 8 nitrogen and oxygen atoms in total. The number of piperidine rings is 1. The fraction of sp³-hybridized carbons (Fsp3) is 0.619. The lowest BCUT2D eigenvalue weighted by atomic mass is 9.82. The van der Waals surface area contributed by atoms with Gasteiger partial charge in [-0.2, -0.15) is 0 Å². The van der Waals surface area contributed by atoms with Crippen molar-refractivity contribution in [2.45, 2.75) is 64.6 Å². The molecule has 0 saturated carbocycles. The van der Waals surface area contributed by atoms with Crippen molar-refractivity contribution in [3.8, 4) is 0 Å². The number of ether oxygens (including phenoxy) is 1. The van der Waals surface area contributed by atoms with Gasteiger partial charge in [0.25, 0.3) is 0 Å². The molecule has 1 saturated heterocycles. The van der Waals surface area contributed by atoms with Crippen LogP contribution in [0.2, 0.25) is 0 Å². The molecule has 5 rings (SSSR count). The fourth-order valence-corrected chi connectivity index (χ4v) is 5.71. The second kappa shape index (κ2) is 7.86. The Labute approximate surface area is 180 Å². The zero-order chi connectivity index (χ0) is 20.7. The SMILES string of the molecule is CCc1cc2c(s1)CCOC21CCN(Cc2cn(C(C)c3nnc(C)o3)nn2)CC1. The summed E-state index contributed by atoms with van der Waals surface area (Å²) in [4.78, 5) is 5.47. The Morgan fingerprint density at radius 3 is 2.80 bits per heavy atom. The van der Waals surface area contributed by atoms with E-state index in [1.165, 1.54) is 10.4 Å². The Kier molecular flexibility index (Phi) is 5.20. The minimum absolute atomic E-state index is 0.0874. The highest BCUT2D eigenvalue weighted by Gasteiger charge is 2.41. The van der Waals surface area contributed by atoms with Gasteiger partial charge in [0.15, 0.2) is 0 Å². The van der Waals surface area contributed by atoms with Crippen molar-refractivity contribution in [1.29, 1.82) is 0 Å². The predicted octanol–water partition coefficient (Wildman–Crippen LogP) is 3.27. The van der Waals surface area contributed by atoms with E-state index in [1.807, 2.05) is 24.5 Å². The van der Waals surface area contributed by atoms with Gasteiger partial charge >= 0.3 is 0 Å². The first-order valence-corrected chi connectivity index (χ1v) is 11.6. The van der Waals surface area contributed by atoms with Crippen LogP contribution in [0.4, 0.5) is 0 Å². The Morgan fingerprint density at radius 1 is 1.23 bits per heavy atom. The lowest BCUT2D eigenvalue weighted by Gasteiger charge is -2.44. The Bertz CT molecular complexity index is 1020. The van der Waals surface area contributed by atoms with E-state index >= 15 is 0 Å². The number of hydrogen-bond donors (Lipinski definition) is 0. The number of thiophene rings is 1. The van der Waals surface area contributed by atoms with Gasteiger partial charge < -0.3 is 9.15 Å². The number of aromatic nitrogens is 5. The maximum atomic E-state index is 6.40. The molecule has 30 heavy (non-hydrogen) atoms. The van der Waals surface area contributed by atoms with E-state index in [9.17, 15) is 0 Å². The highest BCUT2D eigenvalue weighted by atomic mass is 32.1. The first kappa shape index (κ1) is 19.8. The number of fused-ring (bicyclic) bond motifs is 2. The number of nitrogens with zero attached hydrogens (tertiary/aromatic N) is 6. The normalized spacial score (nSPS) is 19.8. The minimum atomic E-state index is -0.127. The number of aryl methyl sites for hydroxylation is 2. The van der Waals surface area contributed by atoms with Crippen molar-refractivity contribution in [1.82, 2.24) is 30.1 Å². The molecule has 5 heterocycles. The van der Waals surface area contributed by atoms with E-state index in [4.69, 9.17) is 9.15 Å². The molecule has 0 radical (unpaired) electrons. The average Bonchev–Trinajstić information content (AvgIpc) is 3.49. The van der Waals surface area contributed by atoms with E-state index in [1.54, 1.807) is 16.5 Å². The first-order chi connectivity index (χ1) is 14.6. The second-order valence-electron chi connectivity index (χ2n) is 8.30. The predicted molar refractivity (Wildman–Crippen MR) is 112 cm³/mol. The van der Waals surface area contributed by atoms with Crippen molar-refractivity contribution in [2.75, 3.05) is 19.7 Å². The standard InChI is InChI=1S/C21H28N6O2S/c1-4-17-11-18-19(30-17)5-10-28-21(18)6-8-26(9-7-21)12-16-13-27(25-23-16)14(2)20-24-22-15(3)29-20/h11,13-14H,4-10,12H2,1-3H3. The molecule has 0 bridgehead atoms. The van der Waals surface area contributed by atoms with E-state index < -0.39 is 0 Å². The van der Waals surface area contributed by atoms with Gasteiger partial charge in [-0.3, -0.25) is 4.90 Å². The molecule has 1 spiro atoms. The summed E-state index contributed by atoms with van der Waals surface area (Å²) in [7, 11) is 0. The first-order valence-electron chi connectivity index (χ1n) is 10.8. The van der Waals surface area contributed by atoms with Crippen molar-refractivity contribution in [3.05, 3.63) is 45.1 Å². The molecule has 3 aromatic rings. The van der Waals surface area contributed by atoms with Gasteiger partial charge in [0, 0.05) is 42.7 Å². The molecule has 1 unspecified atom stereocenters. The summed E-state index contributed by atoms with van der Waals surface area (Å²) in [5, 5.41) is 16.6. The summed E-state index contributed by atoms with van der Waals surface area (Å²) < 4.78 is 13.7.